The van der Waals surface area contributed by atoms with Crippen molar-refractivity contribution in [2.45, 2.75) is 33.1 Å². The lowest BCUT2D eigenvalue weighted by molar-refractivity contribution is -0.385. The van der Waals surface area contributed by atoms with Gasteiger partial charge in [0.05, 0.1) is 10.5 Å². The Kier molecular flexibility index (Phi) is 4.30. The number of aromatic nitrogens is 2. The average molecular weight is 359 g/mol. The molecule has 1 aliphatic carbocycles. The van der Waals surface area contributed by atoms with Crippen LogP contribution in [0, 0.1) is 34.3 Å². The van der Waals surface area contributed by atoms with Gasteiger partial charge in [0.25, 0.3) is 5.91 Å². The summed E-state index contributed by atoms with van der Waals surface area (Å²) < 4.78 is 1.30. The molecule has 1 aliphatic rings. The van der Waals surface area contributed by atoms with Gasteiger partial charge in [-0.1, -0.05) is 6.92 Å². The van der Waals surface area contributed by atoms with Crippen molar-refractivity contribution in [2.75, 3.05) is 5.32 Å². The summed E-state index contributed by atoms with van der Waals surface area (Å²) in [5.74, 6) is -0.126. The minimum absolute atomic E-state index is 0.242. The van der Waals surface area contributed by atoms with Gasteiger partial charge >= 0.3 is 5.69 Å². The standard InChI is InChI=1S/C16H17N5O3S/c1-8-4-5-10-11(7-17)16(25-12(10)6-8)18-15(22)13-14(21(23)24)9(2)20(3)19-13/h8H,4-6H2,1-3H3,(H,18,22)/t8-/m0/s1. The minimum Gasteiger partial charge on any atom is -0.311 e. The van der Waals surface area contributed by atoms with E-state index in [0.29, 0.717) is 22.2 Å². The zero-order valence-electron chi connectivity index (χ0n) is 14.1. The minimum atomic E-state index is -0.668. The van der Waals surface area contributed by atoms with Crippen LogP contribution >= 0.6 is 11.3 Å². The largest absolute Gasteiger partial charge is 0.322 e. The molecule has 2 aromatic rings. The quantitative estimate of drug-likeness (QED) is 0.668. The molecule has 2 aromatic heterocycles. The van der Waals surface area contributed by atoms with Crippen molar-refractivity contribution < 1.29 is 9.72 Å². The summed E-state index contributed by atoms with van der Waals surface area (Å²) in [6.07, 6.45) is 2.71. The van der Waals surface area contributed by atoms with Gasteiger partial charge in [-0.2, -0.15) is 10.4 Å². The molecular formula is C16H17N5O3S. The first-order valence-corrected chi connectivity index (χ1v) is 8.69. The summed E-state index contributed by atoms with van der Waals surface area (Å²) in [5, 5.41) is 27.8. The summed E-state index contributed by atoms with van der Waals surface area (Å²) in [7, 11) is 1.55. The van der Waals surface area contributed by atoms with Crippen LogP contribution in [0.5, 0.6) is 0 Å². The number of amides is 1. The molecular weight excluding hydrogens is 342 g/mol. The van der Waals surface area contributed by atoms with Crippen molar-refractivity contribution in [1.82, 2.24) is 9.78 Å². The number of nitriles is 1. The van der Waals surface area contributed by atoms with Gasteiger partial charge in [0.2, 0.25) is 5.69 Å². The fourth-order valence-electron chi connectivity index (χ4n) is 3.09. The van der Waals surface area contributed by atoms with Gasteiger partial charge in [-0.05, 0) is 37.7 Å². The highest BCUT2D eigenvalue weighted by atomic mass is 32.1. The Morgan fingerprint density at radius 3 is 2.92 bits per heavy atom. The number of carbonyl (C=O) groups excluding carboxylic acids is 1. The summed E-state index contributed by atoms with van der Waals surface area (Å²) in [5.41, 5.74) is 1.21. The Hall–Kier alpha value is -2.73. The fourth-order valence-corrected chi connectivity index (χ4v) is 4.44. The number of nitrogens with one attached hydrogen (secondary N) is 1. The maximum atomic E-state index is 12.6. The molecule has 1 N–H and O–H groups in total. The number of rotatable bonds is 3. The molecule has 0 radical (unpaired) electrons. The summed E-state index contributed by atoms with van der Waals surface area (Å²) in [6.45, 7) is 3.70. The van der Waals surface area contributed by atoms with E-state index in [1.807, 2.05) is 0 Å². The molecule has 1 atom stereocenters. The smallest absolute Gasteiger partial charge is 0.311 e. The third kappa shape index (κ3) is 2.89. The highest BCUT2D eigenvalue weighted by molar-refractivity contribution is 7.16. The molecule has 130 valence electrons. The maximum Gasteiger partial charge on any atom is 0.322 e. The fraction of sp³-hybridized carbons (Fsp3) is 0.438. The SMILES string of the molecule is Cc1c([N+](=O)[O-])c(C(=O)Nc2sc3c(c2C#N)CC[C@H](C)C3)nn1C. The van der Waals surface area contributed by atoms with Gasteiger partial charge < -0.3 is 5.32 Å². The zero-order valence-corrected chi connectivity index (χ0v) is 14.9. The Labute approximate surface area is 148 Å². The molecule has 8 nitrogen and oxygen atoms in total. The molecule has 25 heavy (non-hydrogen) atoms. The Bertz CT molecular complexity index is 921. The number of aryl methyl sites for hydroxylation is 1. The van der Waals surface area contributed by atoms with Crippen molar-refractivity contribution in [1.29, 1.82) is 5.26 Å². The molecule has 1 amide bonds. The van der Waals surface area contributed by atoms with Crippen LogP contribution in [-0.2, 0) is 19.9 Å². The van der Waals surface area contributed by atoms with E-state index < -0.39 is 10.8 Å². The Balaban J connectivity index is 1.97. The number of hydrogen-bond donors (Lipinski definition) is 1. The van der Waals surface area contributed by atoms with Gasteiger partial charge in [-0.3, -0.25) is 19.6 Å². The number of nitrogens with zero attached hydrogens (tertiary/aromatic N) is 4. The van der Waals surface area contributed by atoms with Crippen molar-refractivity contribution >= 4 is 27.9 Å². The van der Waals surface area contributed by atoms with E-state index in [0.717, 1.165) is 29.7 Å². The molecule has 3 rings (SSSR count). The van der Waals surface area contributed by atoms with Gasteiger partial charge in [0.15, 0.2) is 0 Å². The molecule has 0 aromatic carbocycles. The van der Waals surface area contributed by atoms with Gasteiger partial charge in [0, 0.05) is 11.9 Å². The van der Waals surface area contributed by atoms with Crippen LogP contribution in [0.15, 0.2) is 0 Å². The molecule has 0 bridgehead atoms. The van der Waals surface area contributed by atoms with Crippen molar-refractivity contribution in [3.63, 3.8) is 0 Å². The second kappa shape index (κ2) is 6.29. The van der Waals surface area contributed by atoms with E-state index in [2.05, 4.69) is 23.4 Å². The zero-order chi connectivity index (χ0) is 18.3. The lowest BCUT2D eigenvalue weighted by Gasteiger charge is -2.17. The van der Waals surface area contributed by atoms with Crippen molar-refractivity contribution in [2.24, 2.45) is 13.0 Å². The van der Waals surface area contributed by atoms with E-state index in [4.69, 9.17) is 0 Å². The average Bonchev–Trinajstić information content (AvgIpc) is 3.04. The molecule has 0 unspecified atom stereocenters. The first-order chi connectivity index (χ1) is 11.8. The number of anilines is 1. The molecule has 0 saturated heterocycles. The van der Waals surface area contributed by atoms with Gasteiger partial charge in [-0.25, -0.2) is 0 Å². The lowest BCUT2D eigenvalue weighted by Crippen LogP contribution is -2.14. The Morgan fingerprint density at radius 2 is 2.28 bits per heavy atom. The lowest BCUT2D eigenvalue weighted by atomic mass is 9.89. The van der Waals surface area contributed by atoms with Gasteiger partial charge in [-0.15, -0.1) is 11.3 Å². The summed E-state index contributed by atoms with van der Waals surface area (Å²) in [6, 6.07) is 2.17. The predicted molar refractivity (Wildman–Crippen MR) is 92.8 cm³/mol. The van der Waals surface area contributed by atoms with E-state index >= 15 is 0 Å². The highest BCUT2D eigenvalue weighted by Gasteiger charge is 2.31. The van der Waals surface area contributed by atoms with Crippen LogP contribution in [-0.4, -0.2) is 20.6 Å². The monoisotopic (exact) mass is 359 g/mol. The molecule has 0 aliphatic heterocycles. The highest BCUT2D eigenvalue weighted by Crippen LogP contribution is 2.39. The van der Waals surface area contributed by atoms with E-state index in [-0.39, 0.29) is 11.4 Å². The van der Waals surface area contributed by atoms with E-state index in [1.165, 1.54) is 22.9 Å². The Morgan fingerprint density at radius 1 is 1.56 bits per heavy atom. The van der Waals surface area contributed by atoms with Crippen molar-refractivity contribution in [3.05, 3.63) is 37.5 Å². The molecule has 2 heterocycles. The predicted octanol–water partition coefficient (Wildman–Crippen LogP) is 2.95. The number of thiophene rings is 1. The molecule has 0 saturated carbocycles. The first-order valence-electron chi connectivity index (χ1n) is 7.87. The van der Waals surface area contributed by atoms with Crippen LogP contribution in [0.1, 0.15) is 45.5 Å². The molecule has 9 heteroatoms. The van der Waals surface area contributed by atoms with Crippen molar-refractivity contribution in [3.8, 4) is 6.07 Å². The maximum absolute atomic E-state index is 12.6. The summed E-state index contributed by atoms with van der Waals surface area (Å²) >= 11 is 1.38. The second-order valence-corrected chi connectivity index (χ2v) is 7.39. The summed E-state index contributed by atoms with van der Waals surface area (Å²) in [4.78, 5) is 24.3. The normalized spacial score (nSPS) is 16.2. The van der Waals surface area contributed by atoms with Crippen LogP contribution in [0.3, 0.4) is 0 Å². The van der Waals surface area contributed by atoms with Crippen LogP contribution < -0.4 is 5.32 Å². The third-order valence-corrected chi connectivity index (χ3v) is 5.72. The first kappa shape index (κ1) is 17.1. The van der Waals surface area contributed by atoms with Crippen LogP contribution in [0.25, 0.3) is 0 Å². The molecule has 0 fully saturated rings. The number of hydrogen-bond acceptors (Lipinski definition) is 6. The van der Waals surface area contributed by atoms with Crippen LogP contribution in [0.4, 0.5) is 10.7 Å². The number of carbonyl (C=O) groups is 1. The van der Waals surface area contributed by atoms with Crippen LogP contribution in [0.2, 0.25) is 0 Å². The molecule has 0 spiro atoms. The topological polar surface area (TPSA) is 114 Å². The third-order valence-electron chi connectivity index (χ3n) is 4.55. The number of nitro groups is 1. The number of fused-ring (bicyclic) bond motifs is 1. The van der Waals surface area contributed by atoms with E-state index in [1.54, 1.807) is 7.05 Å². The second-order valence-electron chi connectivity index (χ2n) is 6.29. The van der Waals surface area contributed by atoms with E-state index in [9.17, 15) is 20.2 Å². The van der Waals surface area contributed by atoms with Gasteiger partial charge in [0.1, 0.15) is 16.8 Å².